The minimum Gasteiger partial charge on any atom is -0.462 e. The van der Waals surface area contributed by atoms with Gasteiger partial charge in [0.2, 0.25) is 0 Å². The molecule has 4 nitrogen and oxygen atoms in total. The number of carbonyl (C=O) groups excluding carboxylic acids is 2. The molecule has 0 amide bonds. The van der Waals surface area contributed by atoms with Crippen LogP contribution < -0.4 is 4.90 Å². The fourth-order valence-corrected chi connectivity index (χ4v) is 8.91. The lowest BCUT2D eigenvalue weighted by molar-refractivity contribution is -0.911. The minimum atomic E-state index is -0.0544. The van der Waals surface area contributed by atoms with Gasteiger partial charge >= 0.3 is 5.97 Å². The van der Waals surface area contributed by atoms with Gasteiger partial charge in [0.05, 0.1) is 26.1 Å². The first-order valence-corrected chi connectivity index (χ1v) is 13.9. The van der Waals surface area contributed by atoms with Crippen molar-refractivity contribution in [2.75, 3.05) is 19.6 Å². The standard InChI is InChI=1S/C29H45NO3/c1-27(2)13-5-16-30(19-27)17-12-26(32)33-21-10-14-28(3)20(18-21)6-7-22-23-8-9-25(31)29(23,4)15-11-24(22)28/h6,21-24H,5,7-19H2,1-4H3/p+1. The third-order valence-corrected chi connectivity index (χ3v) is 10.9. The van der Waals surface area contributed by atoms with Crippen molar-refractivity contribution < 1.29 is 19.2 Å². The van der Waals surface area contributed by atoms with E-state index in [0.717, 1.165) is 51.5 Å². The van der Waals surface area contributed by atoms with Crippen molar-refractivity contribution in [3.05, 3.63) is 11.6 Å². The van der Waals surface area contributed by atoms with Crippen LogP contribution in [0.25, 0.3) is 0 Å². The summed E-state index contributed by atoms with van der Waals surface area (Å²) in [6.45, 7) is 12.7. The van der Waals surface area contributed by atoms with Gasteiger partial charge in [0.25, 0.3) is 0 Å². The molecule has 5 rings (SSSR count). The normalized spacial score (nSPS) is 44.3. The second-order valence-corrected chi connectivity index (χ2v) is 13.5. The van der Waals surface area contributed by atoms with Gasteiger partial charge in [-0.25, -0.2) is 0 Å². The molecule has 7 unspecified atom stereocenters. The van der Waals surface area contributed by atoms with Crippen molar-refractivity contribution >= 4 is 11.8 Å². The van der Waals surface area contributed by atoms with E-state index < -0.39 is 0 Å². The molecule has 0 aromatic rings. The number of nitrogens with one attached hydrogen (secondary N) is 1. The first-order chi connectivity index (χ1) is 15.6. The van der Waals surface area contributed by atoms with Gasteiger partial charge in [-0.1, -0.05) is 39.3 Å². The molecule has 1 N–H and O–H groups in total. The number of hydrogen-bond acceptors (Lipinski definition) is 3. The summed E-state index contributed by atoms with van der Waals surface area (Å²) < 4.78 is 6.03. The highest BCUT2D eigenvalue weighted by molar-refractivity contribution is 5.87. The van der Waals surface area contributed by atoms with Crippen LogP contribution in [0.4, 0.5) is 0 Å². The molecule has 5 aliphatic rings. The Morgan fingerprint density at radius 2 is 1.82 bits per heavy atom. The Balaban J connectivity index is 1.18. The van der Waals surface area contributed by atoms with E-state index in [9.17, 15) is 9.59 Å². The number of ketones is 1. The minimum absolute atomic E-state index is 0.00618. The molecule has 7 atom stereocenters. The van der Waals surface area contributed by atoms with Gasteiger partial charge in [0.15, 0.2) is 0 Å². The summed E-state index contributed by atoms with van der Waals surface area (Å²) in [4.78, 5) is 26.9. The van der Waals surface area contributed by atoms with Crippen molar-refractivity contribution in [2.45, 2.75) is 104 Å². The van der Waals surface area contributed by atoms with Gasteiger partial charge in [-0.05, 0) is 74.5 Å². The van der Waals surface area contributed by atoms with E-state index in [1.54, 1.807) is 10.5 Å². The molecule has 4 heteroatoms. The molecule has 0 radical (unpaired) electrons. The third kappa shape index (κ3) is 4.23. The Morgan fingerprint density at radius 3 is 2.61 bits per heavy atom. The number of ether oxygens (including phenoxy) is 1. The molecule has 3 saturated carbocycles. The van der Waals surface area contributed by atoms with Crippen LogP contribution in [0, 0.1) is 34.0 Å². The van der Waals surface area contributed by atoms with Crippen LogP contribution in [0.3, 0.4) is 0 Å². The largest absolute Gasteiger partial charge is 0.462 e. The second kappa shape index (κ2) is 8.50. The van der Waals surface area contributed by atoms with Gasteiger partial charge in [-0.15, -0.1) is 0 Å². The van der Waals surface area contributed by atoms with Gasteiger partial charge in [0, 0.05) is 23.7 Å². The summed E-state index contributed by atoms with van der Waals surface area (Å²) in [6, 6.07) is 0. The van der Waals surface area contributed by atoms with Crippen LogP contribution in [0.5, 0.6) is 0 Å². The number of carbonyl (C=O) groups is 2. The number of quaternary nitrogens is 1. The number of likely N-dealkylation sites (tertiary alicyclic amines) is 1. The summed E-state index contributed by atoms with van der Waals surface area (Å²) in [5, 5.41) is 0. The van der Waals surface area contributed by atoms with Crippen LogP contribution in [-0.4, -0.2) is 37.5 Å². The van der Waals surface area contributed by atoms with Crippen LogP contribution in [0.1, 0.15) is 98.3 Å². The molecular weight excluding hydrogens is 410 g/mol. The quantitative estimate of drug-likeness (QED) is 0.500. The number of piperidine rings is 1. The Hall–Kier alpha value is -1.16. The van der Waals surface area contributed by atoms with E-state index in [-0.39, 0.29) is 22.9 Å². The molecule has 0 bridgehead atoms. The Labute approximate surface area is 200 Å². The lowest BCUT2D eigenvalue weighted by atomic mass is 9.48. The van der Waals surface area contributed by atoms with Gasteiger partial charge in [0.1, 0.15) is 11.9 Å². The second-order valence-electron chi connectivity index (χ2n) is 13.5. The number of Topliss-reactive ketones (excluding diaryl/α,β-unsaturated/α-hetero) is 1. The monoisotopic (exact) mass is 456 g/mol. The maximum absolute atomic E-state index is 12.7. The van der Waals surface area contributed by atoms with Crippen LogP contribution in [-0.2, 0) is 14.3 Å². The summed E-state index contributed by atoms with van der Waals surface area (Å²) in [5.41, 5.74) is 2.13. The number of hydrogen-bond donors (Lipinski definition) is 1. The van der Waals surface area contributed by atoms with E-state index in [4.69, 9.17) is 4.74 Å². The lowest BCUT2D eigenvalue weighted by Gasteiger charge is -2.56. The SMILES string of the molecule is CC1(C)CCC[NH+](CCC(=O)OC2CCC3(C)C(=CCC4C5CCC(=O)C5(C)CCC43)C2)C1. The number of fused-ring (bicyclic) bond motifs is 5. The molecule has 4 fully saturated rings. The summed E-state index contributed by atoms with van der Waals surface area (Å²) in [5.74, 6) is 2.48. The first-order valence-electron chi connectivity index (χ1n) is 13.9. The zero-order chi connectivity index (χ0) is 23.4. The van der Waals surface area contributed by atoms with Crippen molar-refractivity contribution in [1.29, 1.82) is 0 Å². The van der Waals surface area contributed by atoms with Crippen molar-refractivity contribution in [1.82, 2.24) is 0 Å². The first kappa shape index (κ1) is 23.6. The molecular formula is C29H46NO3+. The van der Waals surface area contributed by atoms with Crippen LogP contribution >= 0.6 is 0 Å². The molecule has 1 aliphatic heterocycles. The summed E-state index contributed by atoms with van der Waals surface area (Å²) in [6.07, 6.45) is 14.0. The molecule has 1 heterocycles. The zero-order valence-corrected chi connectivity index (χ0v) is 21.5. The smallest absolute Gasteiger partial charge is 0.311 e. The maximum Gasteiger partial charge on any atom is 0.311 e. The highest BCUT2D eigenvalue weighted by atomic mass is 16.5. The topological polar surface area (TPSA) is 47.8 Å². The fraction of sp³-hybridized carbons (Fsp3) is 0.862. The van der Waals surface area contributed by atoms with E-state index >= 15 is 0 Å². The zero-order valence-electron chi connectivity index (χ0n) is 21.5. The number of esters is 1. The molecule has 184 valence electrons. The Kier molecular flexibility index (Phi) is 6.07. The highest BCUT2D eigenvalue weighted by Gasteiger charge is 2.58. The predicted molar refractivity (Wildman–Crippen MR) is 130 cm³/mol. The fourth-order valence-electron chi connectivity index (χ4n) is 8.91. The van der Waals surface area contributed by atoms with Crippen LogP contribution in [0.15, 0.2) is 11.6 Å². The lowest BCUT2D eigenvalue weighted by Crippen LogP contribution is -3.14. The molecule has 33 heavy (non-hydrogen) atoms. The number of rotatable bonds is 4. The Morgan fingerprint density at radius 1 is 1.06 bits per heavy atom. The third-order valence-electron chi connectivity index (χ3n) is 10.9. The van der Waals surface area contributed by atoms with Gasteiger partial charge < -0.3 is 9.64 Å². The van der Waals surface area contributed by atoms with E-state index in [2.05, 4.69) is 33.8 Å². The molecule has 0 spiro atoms. The molecule has 0 aromatic carbocycles. The molecule has 0 aromatic heterocycles. The van der Waals surface area contributed by atoms with Gasteiger partial charge in [-0.3, -0.25) is 9.59 Å². The van der Waals surface area contributed by atoms with Crippen molar-refractivity contribution in [2.24, 2.45) is 34.0 Å². The molecule has 4 aliphatic carbocycles. The van der Waals surface area contributed by atoms with E-state index in [1.165, 1.54) is 32.4 Å². The van der Waals surface area contributed by atoms with Crippen LogP contribution in [0.2, 0.25) is 0 Å². The average Bonchev–Trinajstić information content (AvgIpc) is 3.06. The van der Waals surface area contributed by atoms with Crippen molar-refractivity contribution in [3.8, 4) is 0 Å². The number of allylic oxidation sites excluding steroid dienone is 1. The van der Waals surface area contributed by atoms with E-state index in [0.29, 0.717) is 35.4 Å². The average molecular weight is 457 g/mol. The molecule has 1 saturated heterocycles. The van der Waals surface area contributed by atoms with Gasteiger partial charge in [-0.2, -0.15) is 0 Å². The predicted octanol–water partition coefficient (Wildman–Crippen LogP) is 4.53. The summed E-state index contributed by atoms with van der Waals surface area (Å²) >= 11 is 0. The van der Waals surface area contributed by atoms with Crippen molar-refractivity contribution in [3.63, 3.8) is 0 Å². The summed E-state index contributed by atoms with van der Waals surface area (Å²) in [7, 11) is 0. The highest BCUT2D eigenvalue weighted by Crippen LogP contribution is 2.64. The Bertz CT molecular complexity index is 831. The van der Waals surface area contributed by atoms with E-state index in [1.807, 2.05) is 0 Å². The maximum atomic E-state index is 12.7.